The Kier molecular flexibility index (Phi) is 2.54. The van der Waals surface area contributed by atoms with Crippen LogP contribution in [0.25, 0.3) is 0 Å². The molecule has 0 heterocycles. The van der Waals surface area contributed by atoms with Gasteiger partial charge in [-0.2, -0.15) is 0 Å². The molecule has 1 N–H and O–H groups in total. The van der Waals surface area contributed by atoms with Crippen molar-refractivity contribution in [3.63, 3.8) is 0 Å². The van der Waals surface area contributed by atoms with E-state index in [1.807, 2.05) is 12.1 Å². The summed E-state index contributed by atoms with van der Waals surface area (Å²) in [6.07, 6.45) is 9.11. The molecule has 19 heavy (non-hydrogen) atoms. The molecule has 0 bridgehead atoms. The van der Waals surface area contributed by atoms with Crippen LogP contribution in [0.3, 0.4) is 0 Å². The molecule has 1 aromatic carbocycles. The summed E-state index contributed by atoms with van der Waals surface area (Å²) in [7, 11) is 0. The van der Waals surface area contributed by atoms with E-state index < -0.39 is 0 Å². The highest BCUT2D eigenvalue weighted by molar-refractivity contribution is 5.33. The van der Waals surface area contributed by atoms with Crippen LogP contribution >= 0.6 is 0 Å². The Morgan fingerprint density at radius 1 is 1.16 bits per heavy atom. The lowest BCUT2D eigenvalue weighted by Gasteiger charge is -2.61. The summed E-state index contributed by atoms with van der Waals surface area (Å²) in [6.45, 7) is 0.973. The summed E-state index contributed by atoms with van der Waals surface area (Å²) >= 11 is 0. The van der Waals surface area contributed by atoms with Crippen molar-refractivity contribution in [1.29, 1.82) is 0 Å². The van der Waals surface area contributed by atoms with Gasteiger partial charge in [0.25, 0.3) is 0 Å². The zero-order chi connectivity index (χ0) is 12.9. The molecule has 0 aliphatic heterocycles. The summed E-state index contributed by atoms with van der Waals surface area (Å²) in [5.74, 6) is -0.00531. The highest BCUT2D eigenvalue weighted by Crippen LogP contribution is 2.65. The molecule has 0 unspecified atom stereocenters. The van der Waals surface area contributed by atoms with Crippen molar-refractivity contribution in [1.82, 2.24) is 5.32 Å². The highest BCUT2D eigenvalue weighted by Gasteiger charge is 2.58. The van der Waals surface area contributed by atoms with Crippen LogP contribution in [0.2, 0.25) is 0 Å². The molecule has 4 rings (SSSR count). The molecule has 0 saturated heterocycles. The van der Waals surface area contributed by atoms with Crippen molar-refractivity contribution in [3.05, 3.63) is 35.6 Å². The van der Waals surface area contributed by atoms with Crippen molar-refractivity contribution in [2.45, 2.75) is 56.4 Å². The molecule has 2 heteroatoms. The fourth-order valence-corrected chi connectivity index (χ4v) is 4.34. The summed E-state index contributed by atoms with van der Waals surface area (Å²) in [5, 5.41) is 3.64. The molecule has 1 spiro atoms. The van der Waals surface area contributed by atoms with Gasteiger partial charge >= 0.3 is 0 Å². The predicted molar refractivity (Wildman–Crippen MR) is 74.6 cm³/mol. The third kappa shape index (κ3) is 1.92. The van der Waals surface area contributed by atoms with Gasteiger partial charge in [-0.3, -0.25) is 0 Å². The van der Waals surface area contributed by atoms with Gasteiger partial charge in [0.05, 0.1) is 0 Å². The van der Waals surface area contributed by atoms with Gasteiger partial charge < -0.3 is 5.32 Å². The number of nitrogens with one attached hydrogen (secondary N) is 1. The van der Waals surface area contributed by atoms with Crippen molar-refractivity contribution < 1.29 is 4.39 Å². The van der Waals surface area contributed by atoms with Gasteiger partial charge in [-0.05, 0) is 55.6 Å². The van der Waals surface area contributed by atoms with Gasteiger partial charge in [0.1, 0.15) is 5.82 Å². The van der Waals surface area contributed by atoms with Gasteiger partial charge in [0.2, 0.25) is 0 Å². The Morgan fingerprint density at radius 3 is 2.47 bits per heavy atom. The fourth-order valence-electron chi connectivity index (χ4n) is 4.34. The Hall–Kier alpha value is -0.890. The van der Waals surface area contributed by atoms with E-state index in [2.05, 4.69) is 5.32 Å². The lowest BCUT2D eigenvalue weighted by Crippen LogP contribution is -2.57. The molecule has 0 atom stereocenters. The second kappa shape index (κ2) is 4.05. The minimum atomic E-state index is -0.00531. The molecule has 3 fully saturated rings. The number of halogens is 1. The standard InChI is InChI=1S/C17H22FN/c18-15-5-2-1-4-14(15)17(12-19-13-6-7-13)10-16(11-17)8-3-9-16/h1-2,4-5,13,19H,3,6-12H2. The Labute approximate surface area is 114 Å². The minimum absolute atomic E-state index is 0.00531. The van der Waals surface area contributed by atoms with Gasteiger partial charge in [-0.1, -0.05) is 24.6 Å². The molecular formula is C17H22FN. The van der Waals surface area contributed by atoms with Crippen LogP contribution in [0, 0.1) is 11.2 Å². The van der Waals surface area contributed by atoms with E-state index in [0.717, 1.165) is 12.1 Å². The first-order valence-electron chi connectivity index (χ1n) is 7.70. The van der Waals surface area contributed by atoms with Crippen LogP contribution < -0.4 is 5.32 Å². The fraction of sp³-hybridized carbons (Fsp3) is 0.647. The lowest BCUT2D eigenvalue weighted by atomic mass is 9.43. The maximum atomic E-state index is 14.2. The molecular weight excluding hydrogens is 237 g/mol. The number of hydrogen-bond donors (Lipinski definition) is 1. The third-order valence-corrected chi connectivity index (χ3v) is 5.59. The average Bonchev–Trinajstić information content (AvgIpc) is 3.11. The van der Waals surface area contributed by atoms with Crippen molar-refractivity contribution in [3.8, 4) is 0 Å². The maximum absolute atomic E-state index is 14.2. The third-order valence-electron chi connectivity index (χ3n) is 5.59. The summed E-state index contributed by atoms with van der Waals surface area (Å²) < 4.78 is 14.2. The largest absolute Gasteiger partial charge is 0.313 e. The lowest BCUT2D eigenvalue weighted by molar-refractivity contribution is -0.0498. The van der Waals surface area contributed by atoms with Gasteiger partial charge in [-0.25, -0.2) is 4.39 Å². The number of benzene rings is 1. The first-order valence-corrected chi connectivity index (χ1v) is 7.70. The summed E-state index contributed by atoms with van der Waals surface area (Å²) in [5.41, 5.74) is 1.61. The molecule has 0 amide bonds. The van der Waals surface area contributed by atoms with E-state index in [9.17, 15) is 4.39 Å². The van der Waals surface area contributed by atoms with Crippen LogP contribution in [0.1, 0.15) is 50.5 Å². The van der Waals surface area contributed by atoms with E-state index in [-0.39, 0.29) is 11.2 Å². The maximum Gasteiger partial charge on any atom is 0.127 e. The quantitative estimate of drug-likeness (QED) is 0.867. The van der Waals surface area contributed by atoms with Crippen LogP contribution in [0.5, 0.6) is 0 Å². The molecule has 3 aliphatic carbocycles. The van der Waals surface area contributed by atoms with E-state index in [1.54, 1.807) is 12.1 Å². The van der Waals surface area contributed by atoms with Crippen molar-refractivity contribution >= 4 is 0 Å². The van der Waals surface area contributed by atoms with Crippen LogP contribution in [-0.2, 0) is 5.41 Å². The molecule has 3 saturated carbocycles. The first kappa shape index (κ1) is 11.9. The summed E-state index contributed by atoms with van der Waals surface area (Å²) in [4.78, 5) is 0. The molecule has 102 valence electrons. The topological polar surface area (TPSA) is 12.0 Å². The Morgan fingerprint density at radius 2 is 1.89 bits per heavy atom. The minimum Gasteiger partial charge on any atom is -0.313 e. The SMILES string of the molecule is Fc1ccccc1C1(CNC2CC2)CC2(CCC2)C1. The molecule has 1 aromatic rings. The van der Waals surface area contributed by atoms with E-state index in [4.69, 9.17) is 0 Å². The normalized spacial score (nSPS) is 26.8. The van der Waals surface area contributed by atoms with Gasteiger partial charge in [0.15, 0.2) is 0 Å². The van der Waals surface area contributed by atoms with Crippen molar-refractivity contribution in [2.24, 2.45) is 5.41 Å². The molecule has 0 radical (unpaired) electrons. The zero-order valence-corrected chi connectivity index (χ0v) is 11.4. The van der Waals surface area contributed by atoms with Gasteiger partial charge in [0, 0.05) is 18.0 Å². The number of hydrogen-bond acceptors (Lipinski definition) is 1. The second-order valence-corrected chi connectivity index (χ2v) is 7.12. The predicted octanol–water partition coefficient (Wildman–Crippen LogP) is 3.78. The number of rotatable bonds is 4. The van der Waals surface area contributed by atoms with Crippen molar-refractivity contribution in [2.75, 3.05) is 6.54 Å². The smallest absolute Gasteiger partial charge is 0.127 e. The molecule has 3 aliphatic rings. The first-order chi connectivity index (χ1) is 9.22. The van der Waals surface area contributed by atoms with E-state index >= 15 is 0 Å². The Balaban J connectivity index is 1.58. The zero-order valence-electron chi connectivity index (χ0n) is 11.4. The Bertz CT molecular complexity index is 480. The highest BCUT2D eigenvalue weighted by atomic mass is 19.1. The summed E-state index contributed by atoms with van der Waals surface area (Å²) in [6, 6.07) is 8.14. The van der Waals surface area contributed by atoms with E-state index in [1.165, 1.54) is 44.9 Å². The van der Waals surface area contributed by atoms with Crippen LogP contribution in [-0.4, -0.2) is 12.6 Å². The molecule has 1 nitrogen and oxygen atoms in total. The second-order valence-electron chi connectivity index (χ2n) is 7.12. The van der Waals surface area contributed by atoms with E-state index in [0.29, 0.717) is 11.5 Å². The average molecular weight is 259 g/mol. The monoisotopic (exact) mass is 259 g/mol. The van der Waals surface area contributed by atoms with Crippen LogP contribution in [0.15, 0.2) is 24.3 Å². The van der Waals surface area contributed by atoms with Crippen LogP contribution in [0.4, 0.5) is 4.39 Å². The molecule has 0 aromatic heterocycles. The van der Waals surface area contributed by atoms with Gasteiger partial charge in [-0.15, -0.1) is 0 Å².